The lowest BCUT2D eigenvalue weighted by molar-refractivity contribution is -0.122. The highest BCUT2D eigenvalue weighted by atomic mass is 32.2. The summed E-state index contributed by atoms with van der Waals surface area (Å²) in [5, 5.41) is 7.88. The summed E-state index contributed by atoms with van der Waals surface area (Å²) in [5.74, 6) is -0.143. The fourth-order valence-corrected chi connectivity index (χ4v) is 3.67. The molecular formula is C21H26N4O5S. The first kappa shape index (κ1) is 22.7. The number of sulfonamides is 1. The van der Waals surface area contributed by atoms with Gasteiger partial charge in [-0.2, -0.15) is 0 Å². The van der Waals surface area contributed by atoms with Crippen molar-refractivity contribution < 1.29 is 22.7 Å². The molecule has 1 fully saturated rings. The number of rotatable bonds is 7. The molecule has 166 valence electrons. The summed E-state index contributed by atoms with van der Waals surface area (Å²) in [6, 6.07) is 15.5. The second-order valence-electron chi connectivity index (χ2n) is 7.27. The maximum Gasteiger partial charge on any atom is 0.410 e. The number of nitrogens with zero attached hydrogens (tertiary/aromatic N) is 2. The Labute approximate surface area is 181 Å². The number of nitrogens with two attached hydrogens (primary N) is 1. The minimum atomic E-state index is -3.73. The molecule has 3 N–H and O–H groups in total. The first-order valence-electron chi connectivity index (χ1n) is 9.88. The number of hydrogen-bond acceptors (Lipinski definition) is 6. The smallest absolute Gasteiger partial charge is 0.410 e. The number of carbonyl (C=O) groups is 2. The van der Waals surface area contributed by atoms with Crippen LogP contribution in [0.5, 0.6) is 0 Å². The van der Waals surface area contributed by atoms with Crippen LogP contribution in [-0.2, 0) is 32.7 Å². The zero-order chi connectivity index (χ0) is 22.3. The number of amides is 2. The predicted octanol–water partition coefficient (Wildman–Crippen LogP) is 0.905. The lowest BCUT2D eigenvalue weighted by Gasteiger charge is -2.33. The van der Waals surface area contributed by atoms with E-state index in [1.54, 1.807) is 17.0 Å². The standard InChI is InChI=1S/C21H26N4O5S/c22-31(28,29)19-8-6-17(7-9-19)14-23-20(26)15-24-10-12-25(13-11-24)21(27)30-16-18-4-2-1-3-5-18/h1-9H,10-16H2,(H,23,26)(H2,22,28,29). The van der Waals surface area contributed by atoms with Gasteiger partial charge in [0, 0.05) is 32.7 Å². The molecule has 1 aliphatic rings. The van der Waals surface area contributed by atoms with Gasteiger partial charge in [0.05, 0.1) is 11.4 Å². The average molecular weight is 447 g/mol. The number of hydrogen-bond donors (Lipinski definition) is 2. The number of benzene rings is 2. The Balaban J connectivity index is 1.36. The van der Waals surface area contributed by atoms with Crippen molar-refractivity contribution in [2.75, 3.05) is 32.7 Å². The van der Waals surface area contributed by atoms with Crippen LogP contribution in [0, 0.1) is 0 Å². The SMILES string of the molecule is NS(=O)(=O)c1ccc(CNC(=O)CN2CCN(C(=O)OCc3ccccc3)CC2)cc1. The van der Waals surface area contributed by atoms with Gasteiger partial charge in [-0.3, -0.25) is 9.69 Å². The monoisotopic (exact) mass is 446 g/mol. The number of nitrogens with one attached hydrogen (secondary N) is 1. The summed E-state index contributed by atoms with van der Waals surface area (Å²) in [7, 11) is -3.73. The third-order valence-corrected chi connectivity index (χ3v) is 5.87. The van der Waals surface area contributed by atoms with Crippen LogP contribution in [0.4, 0.5) is 4.79 Å². The van der Waals surface area contributed by atoms with Crippen LogP contribution in [-0.4, -0.2) is 62.9 Å². The normalized spacial score (nSPS) is 14.8. The predicted molar refractivity (Wildman–Crippen MR) is 114 cm³/mol. The molecule has 1 saturated heterocycles. The molecule has 0 saturated carbocycles. The number of piperazine rings is 1. The Hall–Kier alpha value is -2.95. The van der Waals surface area contributed by atoms with Crippen molar-refractivity contribution in [2.24, 2.45) is 5.14 Å². The van der Waals surface area contributed by atoms with Gasteiger partial charge in [0.1, 0.15) is 6.61 Å². The maximum atomic E-state index is 12.2. The number of ether oxygens (including phenoxy) is 1. The van der Waals surface area contributed by atoms with Crippen molar-refractivity contribution in [3.05, 3.63) is 65.7 Å². The Morgan fingerprint density at radius 1 is 0.935 bits per heavy atom. The van der Waals surface area contributed by atoms with Gasteiger partial charge in [0.2, 0.25) is 15.9 Å². The number of primary sulfonamides is 1. The Morgan fingerprint density at radius 2 is 1.58 bits per heavy atom. The molecule has 9 nitrogen and oxygen atoms in total. The van der Waals surface area contributed by atoms with Crippen LogP contribution in [0.3, 0.4) is 0 Å². The molecule has 0 spiro atoms. The van der Waals surface area contributed by atoms with E-state index in [1.807, 2.05) is 35.2 Å². The zero-order valence-electron chi connectivity index (χ0n) is 17.1. The molecule has 31 heavy (non-hydrogen) atoms. The Morgan fingerprint density at radius 3 is 2.19 bits per heavy atom. The summed E-state index contributed by atoms with van der Waals surface area (Å²) in [4.78, 5) is 28.1. The van der Waals surface area contributed by atoms with Crippen LogP contribution >= 0.6 is 0 Å². The first-order valence-corrected chi connectivity index (χ1v) is 11.4. The van der Waals surface area contributed by atoms with E-state index in [0.717, 1.165) is 11.1 Å². The Kier molecular flexibility index (Phi) is 7.61. The molecule has 0 radical (unpaired) electrons. The first-order chi connectivity index (χ1) is 14.8. The highest BCUT2D eigenvalue weighted by molar-refractivity contribution is 7.89. The molecule has 3 rings (SSSR count). The quantitative estimate of drug-likeness (QED) is 0.652. The fraction of sp³-hybridized carbons (Fsp3) is 0.333. The summed E-state index contributed by atoms with van der Waals surface area (Å²) in [6.07, 6.45) is -0.351. The van der Waals surface area contributed by atoms with Crippen molar-refractivity contribution in [3.8, 4) is 0 Å². The van der Waals surface area contributed by atoms with Crippen LogP contribution < -0.4 is 10.5 Å². The molecule has 2 aromatic rings. The van der Waals surface area contributed by atoms with Crippen LogP contribution in [0.2, 0.25) is 0 Å². The third kappa shape index (κ3) is 7.06. The summed E-state index contributed by atoms with van der Waals surface area (Å²) in [6.45, 7) is 2.90. The lowest BCUT2D eigenvalue weighted by atomic mass is 10.2. The lowest BCUT2D eigenvalue weighted by Crippen LogP contribution is -2.51. The van der Waals surface area contributed by atoms with Gasteiger partial charge in [-0.05, 0) is 23.3 Å². The molecule has 1 heterocycles. The summed E-state index contributed by atoms with van der Waals surface area (Å²) >= 11 is 0. The fourth-order valence-electron chi connectivity index (χ4n) is 3.16. The summed E-state index contributed by atoms with van der Waals surface area (Å²) in [5.41, 5.74) is 1.71. The molecule has 1 aliphatic heterocycles. The van der Waals surface area contributed by atoms with Gasteiger partial charge in [-0.25, -0.2) is 18.4 Å². The molecule has 0 atom stereocenters. The molecule has 2 aromatic carbocycles. The van der Waals surface area contributed by atoms with Crippen molar-refractivity contribution in [2.45, 2.75) is 18.0 Å². The van der Waals surface area contributed by atoms with E-state index >= 15 is 0 Å². The minimum Gasteiger partial charge on any atom is -0.445 e. The van der Waals surface area contributed by atoms with Crippen LogP contribution in [0.15, 0.2) is 59.5 Å². The number of carbonyl (C=O) groups excluding carboxylic acids is 2. The van der Waals surface area contributed by atoms with Gasteiger partial charge in [0.25, 0.3) is 0 Å². The topological polar surface area (TPSA) is 122 Å². The van der Waals surface area contributed by atoms with Crippen LogP contribution in [0.1, 0.15) is 11.1 Å². The van der Waals surface area contributed by atoms with Crippen molar-refractivity contribution in [3.63, 3.8) is 0 Å². The van der Waals surface area contributed by atoms with Crippen LogP contribution in [0.25, 0.3) is 0 Å². The van der Waals surface area contributed by atoms with Gasteiger partial charge in [0.15, 0.2) is 0 Å². The molecule has 0 unspecified atom stereocenters. The molecule has 0 bridgehead atoms. The van der Waals surface area contributed by atoms with E-state index in [-0.39, 0.29) is 36.6 Å². The van der Waals surface area contributed by atoms with E-state index < -0.39 is 10.0 Å². The van der Waals surface area contributed by atoms with Gasteiger partial charge >= 0.3 is 6.09 Å². The van der Waals surface area contributed by atoms with E-state index in [9.17, 15) is 18.0 Å². The van der Waals surface area contributed by atoms with Crippen molar-refractivity contribution in [1.29, 1.82) is 0 Å². The second kappa shape index (κ2) is 10.4. The summed E-state index contributed by atoms with van der Waals surface area (Å²) < 4.78 is 27.9. The maximum absolute atomic E-state index is 12.2. The van der Waals surface area contributed by atoms with Gasteiger partial charge in [-0.15, -0.1) is 0 Å². The van der Waals surface area contributed by atoms with E-state index in [1.165, 1.54) is 12.1 Å². The van der Waals surface area contributed by atoms with Crippen molar-refractivity contribution >= 4 is 22.0 Å². The second-order valence-corrected chi connectivity index (χ2v) is 8.83. The largest absolute Gasteiger partial charge is 0.445 e. The third-order valence-electron chi connectivity index (χ3n) is 4.94. The van der Waals surface area contributed by atoms with E-state index in [0.29, 0.717) is 26.2 Å². The highest BCUT2D eigenvalue weighted by Crippen LogP contribution is 2.09. The minimum absolute atomic E-state index is 0.0303. The average Bonchev–Trinajstić information content (AvgIpc) is 2.77. The van der Waals surface area contributed by atoms with Crippen molar-refractivity contribution in [1.82, 2.24) is 15.1 Å². The Bertz CT molecular complexity index is 988. The van der Waals surface area contributed by atoms with Gasteiger partial charge < -0.3 is 15.0 Å². The van der Waals surface area contributed by atoms with E-state index in [4.69, 9.17) is 9.88 Å². The molecule has 0 aliphatic carbocycles. The molecule has 0 aromatic heterocycles. The highest BCUT2D eigenvalue weighted by Gasteiger charge is 2.23. The van der Waals surface area contributed by atoms with Gasteiger partial charge in [-0.1, -0.05) is 42.5 Å². The molecule has 2 amide bonds. The zero-order valence-corrected chi connectivity index (χ0v) is 17.9. The molecular weight excluding hydrogens is 420 g/mol. The molecule has 10 heteroatoms. The van der Waals surface area contributed by atoms with E-state index in [2.05, 4.69) is 5.32 Å².